The fourth-order valence-corrected chi connectivity index (χ4v) is 2.87. The first kappa shape index (κ1) is 20.7. The highest BCUT2D eigenvalue weighted by Gasteiger charge is 2.05. The van der Waals surface area contributed by atoms with E-state index in [1.807, 2.05) is 18.5 Å². The Morgan fingerprint density at radius 1 is 1.29 bits per heavy atom. The van der Waals surface area contributed by atoms with Crippen LogP contribution in [-0.2, 0) is 13.1 Å². The Labute approximate surface area is 165 Å². The maximum absolute atomic E-state index is 5.44. The molecule has 24 heavy (non-hydrogen) atoms. The van der Waals surface area contributed by atoms with Gasteiger partial charge in [0.15, 0.2) is 5.96 Å². The van der Waals surface area contributed by atoms with Crippen LogP contribution in [0.3, 0.4) is 0 Å². The second kappa shape index (κ2) is 10.5. The van der Waals surface area contributed by atoms with E-state index < -0.39 is 0 Å². The number of methoxy groups -OCH3 is 1. The number of rotatable bonds is 6. The van der Waals surface area contributed by atoms with E-state index in [9.17, 15) is 0 Å². The molecule has 0 spiro atoms. The molecule has 0 unspecified atom stereocenters. The molecule has 0 saturated heterocycles. The van der Waals surface area contributed by atoms with Gasteiger partial charge in [-0.2, -0.15) is 0 Å². The van der Waals surface area contributed by atoms with E-state index in [4.69, 9.17) is 4.74 Å². The van der Waals surface area contributed by atoms with Gasteiger partial charge >= 0.3 is 0 Å². The summed E-state index contributed by atoms with van der Waals surface area (Å²) < 4.78 is 5.44. The summed E-state index contributed by atoms with van der Waals surface area (Å²) in [4.78, 5) is 10.1. The van der Waals surface area contributed by atoms with Crippen LogP contribution < -0.4 is 15.4 Å². The Hall–Kier alpha value is -1.35. The number of aryl methyl sites for hydroxylation is 2. The number of halogens is 1. The molecular weight excluding hydrogens is 435 g/mol. The van der Waals surface area contributed by atoms with Crippen molar-refractivity contribution in [3.63, 3.8) is 0 Å². The molecule has 2 rings (SSSR count). The number of nitrogens with one attached hydrogen (secondary N) is 2. The number of hydrogen-bond donors (Lipinski definition) is 2. The number of guanidine groups is 1. The molecule has 0 amide bonds. The summed E-state index contributed by atoms with van der Waals surface area (Å²) >= 11 is 1.66. The monoisotopic (exact) mass is 460 g/mol. The largest absolute Gasteiger partial charge is 0.496 e. The van der Waals surface area contributed by atoms with E-state index in [0.717, 1.165) is 36.1 Å². The highest BCUT2D eigenvalue weighted by atomic mass is 127. The van der Waals surface area contributed by atoms with Gasteiger partial charge < -0.3 is 15.4 Å². The highest BCUT2D eigenvalue weighted by molar-refractivity contribution is 14.0. The molecule has 1 aromatic heterocycles. The van der Waals surface area contributed by atoms with Gasteiger partial charge in [-0.05, 0) is 32.4 Å². The normalized spacial score (nSPS) is 10.9. The fraction of sp³-hybridized carbons (Fsp3) is 0.412. The molecule has 0 aliphatic heterocycles. The second-order valence-corrected chi connectivity index (χ2v) is 6.16. The standard InChI is InChI=1S/C17H24N4OS.HI/c1-5-18-17(20-10-16-13(3)21-11-23-16)19-9-14-7-6-12(2)8-15(14)22-4;/h6-8,11H,5,9-10H2,1-4H3,(H2,18,19,20);1H. The minimum atomic E-state index is 0. The molecule has 5 nitrogen and oxygen atoms in total. The van der Waals surface area contributed by atoms with Crippen LogP contribution in [0.15, 0.2) is 28.7 Å². The first-order valence-corrected chi connectivity index (χ1v) is 8.56. The molecular formula is C17H25IN4OS. The molecule has 7 heteroatoms. The van der Waals surface area contributed by atoms with Crippen LogP contribution >= 0.6 is 35.3 Å². The molecule has 2 aromatic rings. The number of nitrogens with zero attached hydrogens (tertiary/aromatic N) is 2. The van der Waals surface area contributed by atoms with Crippen molar-refractivity contribution in [3.8, 4) is 5.75 Å². The van der Waals surface area contributed by atoms with Crippen molar-refractivity contribution in [1.29, 1.82) is 0 Å². The van der Waals surface area contributed by atoms with Gasteiger partial charge in [0.05, 0.1) is 31.4 Å². The molecule has 0 fully saturated rings. The summed E-state index contributed by atoms with van der Waals surface area (Å²) in [5, 5.41) is 6.62. The maximum atomic E-state index is 5.44. The lowest BCUT2D eigenvalue weighted by Gasteiger charge is -2.12. The average Bonchev–Trinajstić information content (AvgIpc) is 2.96. The molecule has 2 N–H and O–H groups in total. The molecule has 0 aliphatic carbocycles. The summed E-state index contributed by atoms with van der Waals surface area (Å²) in [6.07, 6.45) is 0. The lowest BCUT2D eigenvalue weighted by Crippen LogP contribution is -2.36. The zero-order chi connectivity index (χ0) is 16.7. The zero-order valence-corrected chi connectivity index (χ0v) is 17.7. The Bertz CT molecular complexity index is 672. The summed E-state index contributed by atoms with van der Waals surface area (Å²) in [6, 6.07) is 6.18. The quantitative estimate of drug-likeness (QED) is 0.393. The van der Waals surface area contributed by atoms with Gasteiger partial charge in [0.2, 0.25) is 0 Å². The topological polar surface area (TPSA) is 58.5 Å². The van der Waals surface area contributed by atoms with E-state index in [1.54, 1.807) is 18.4 Å². The second-order valence-electron chi connectivity index (χ2n) is 5.22. The van der Waals surface area contributed by atoms with Gasteiger partial charge in [-0.1, -0.05) is 12.1 Å². The minimum absolute atomic E-state index is 0. The van der Waals surface area contributed by atoms with Gasteiger partial charge in [0, 0.05) is 17.0 Å². The van der Waals surface area contributed by atoms with Gasteiger partial charge in [-0.15, -0.1) is 35.3 Å². The number of ether oxygens (including phenoxy) is 1. The van der Waals surface area contributed by atoms with Crippen molar-refractivity contribution in [2.45, 2.75) is 33.9 Å². The molecule has 0 aliphatic rings. The lowest BCUT2D eigenvalue weighted by molar-refractivity contribution is 0.409. The third-order valence-corrected chi connectivity index (χ3v) is 4.39. The molecule has 0 radical (unpaired) electrons. The van der Waals surface area contributed by atoms with Crippen LogP contribution in [0.4, 0.5) is 0 Å². The van der Waals surface area contributed by atoms with E-state index >= 15 is 0 Å². The van der Waals surface area contributed by atoms with Crippen molar-refractivity contribution in [2.75, 3.05) is 13.7 Å². The third-order valence-electron chi connectivity index (χ3n) is 3.46. The summed E-state index contributed by atoms with van der Waals surface area (Å²) in [7, 11) is 1.69. The van der Waals surface area contributed by atoms with E-state index in [2.05, 4.69) is 46.6 Å². The number of hydrogen-bond acceptors (Lipinski definition) is 4. The van der Waals surface area contributed by atoms with Crippen molar-refractivity contribution >= 4 is 41.3 Å². The van der Waals surface area contributed by atoms with Crippen LogP contribution in [0.1, 0.15) is 28.6 Å². The van der Waals surface area contributed by atoms with Crippen LogP contribution in [0.2, 0.25) is 0 Å². The molecule has 1 aromatic carbocycles. The number of benzene rings is 1. The predicted octanol–water partition coefficient (Wildman–Crippen LogP) is 3.64. The highest BCUT2D eigenvalue weighted by Crippen LogP contribution is 2.20. The fourth-order valence-electron chi connectivity index (χ4n) is 2.15. The molecule has 0 bridgehead atoms. The van der Waals surface area contributed by atoms with Crippen LogP contribution in [-0.4, -0.2) is 24.6 Å². The Balaban J connectivity index is 0.00000288. The van der Waals surface area contributed by atoms with Gasteiger partial charge in [0.1, 0.15) is 5.75 Å². The molecule has 0 atom stereocenters. The maximum Gasteiger partial charge on any atom is 0.191 e. The number of aromatic nitrogens is 1. The van der Waals surface area contributed by atoms with Crippen LogP contribution in [0.25, 0.3) is 0 Å². The van der Waals surface area contributed by atoms with Crippen molar-refractivity contribution in [2.24, 2.45) is 4.99 Å². The van der Waals surface area contributed by atoms with Crippen LogP contribution in [0.5, 0.6) is 5.75 Å². The first-order valence-electron chi connectivity index (χ1n) is 7.68. The van der Waals surface area contributed by atoms with Gasteiger partial charge in [-0.25, -0.2) is 9.98 Å². The Kier molecular flexibility index (Phi) is 9.05. The average molecular weight is 460 g/mol. The SMILES string of the molecule is CCNC(=NCc1ccc(C)cc1OC)NCc1scnc1C.I. The number of thiazole rings is 1. The van der Waals surface area contributed by atoms with E-state index in [1.165, 1.54) is 10.4 Å². The van der Waals surface area contributed by atoms with Crippen molar-refractivity contribution in [1.82, 2.24) is 15.6 Å². The Morgan fingerprint density at radius 2 is 2.08 bits per heavy atom. The van der Waals surface area contributed by atoms with E-state index in [-0.39, 0.29) is 24.0 Å². The smallest absolute Gasteiger partial charge is 0.191 e. The minimum Gasteiger partial charge on any atom is -0.496 e. The number of aliphatic imine (C=N–C) groups is 1. The molecule has 0 saturated carbocycles. The zero-order valence-electron chi connectivity index (χ0n) is 14.5. The predicted molar refractivity (Wildman–Crippen MR) is 112 cm³/mol. The summed E-state index contributed by atoms with van der Waals surface area (Å²) in [5.41, 5.74) is 5.19. The Morgan fingerprint density at radius 3 is 2.71 bits per heavy atom. The van der Waals surface area contributed by atoms with Gasteiger partial charge in [-0.3, -0.25) is 0 Å². The van der Waals surface area contributed by atoms with Crippen molar-refractivity contribution in [3.05, 3.63) is 45.4 Å². The van der Waals surface area contributed by atoms with Crippen molar-refractivity contribution < 1.29 is 4.74 Å². The third kappa shape index (κ3) is 5.94. The molecule has 1 heterocycles. The summed E-state index contributed by atoms with van der Waals surface area (Å²) in [5.74, 6) is 1.67. The van der Waals surface area contributed by atoms with Gasteiger partial charge in [0.25, 0.3) is 0 Å². The first-order chi connectivity index (χ1) is 11.1. The summed E-state index contributed by atoms with van der Waals surface area (Å²) in [6.45, 7) is 8.25. The molecule has 132 valence electrons. The van der Waals surface area contributed by atoms with Crippen LogP contribution in [0, 0.1) is 13.8 Å². The lowest BCUT2D eigenvalue weighted by atomic mass is 10.1. The van der Waals surface area contributed by atoms with E-state index in [0.29, 0.717) is 6.54 Å².